The Labute approximate surface area is 239 Å². The summed E-state index contributed by atoms with van der Waals surface area (Å²) in [5.74, 6) is 1.97. The van der Waals surface area contributed by atoms with Crippen molar-refractivity contribution in [2.24, 2.45) is 5.92 Å². The van der Waals surface area contributed by atoms with Crippen LogP contribution in [0, 0.1) is 5.92 Å². The Morgan fingerprint density at radius 3 is 2.23 bits per heavy atom. The lowest BCUT2D eigenvalue weighted by molar-refractivity contribution is 0.180. The molecule has 4 heterocycles. The zero-order valence-electron chi connectivity index (χ0n) is 22.0. The third-order valence-electron chi connectivity index (χ3n) is 7.30. The second-order valence-corrected chi connectivity index (χ2v) is 11.3. The molecule has 39 heavy (non-hydrogen) atoms. The number of pyridine rings is 1. The minimum atomic E-state index is -1.24. The number of hydrogen-bond acceptors (Lipinski definition) is 9. The van der Waals surface area contributed by atoms with Gasteiger partial charge in [-0.1, -0.05) is 23.2 Å². The number of likely N-dealkylation sites (N-methyl/N-ethyl adjacent to an activating group) is 1. The van der Waals surface area contributed by atoms with Gasteiger partial charge in [0, 0.05) is 54.4 Å². The molecule has 3 aromatic rings. The summed E-state index contributed by atoms with van der Waals surface area (Å²) in [5, 5.41) is 19.7. The van der Waals surface area contributed by atoms with Crippen molar-refractivity contribution in [1.29, 1.82) is 0 Å². The molecule has 2 aliphatic rings. The minimum absolute atomic E-state index is 0.329. The topological polar surface area (TPSA) is 98.1 Å². The van der Waals surface area contributed by atoms with Crippen molar-refractivity contribution in [3.63, 3.8) is 0 Å². The molecule has 0 atom stereocenters. The van der Waals surface area contributed by atoms with E-state index in [1.807, 2.05) is 24.3 Å². The van der Waals surface area contributed by atoms with Crippen molar-refractivity contribution >= 4 is 36.3 Å². The standard InChI is InChI=1S/C27H33BCl2N6O3/c1-34-6-8-36(9-7-34)27-31-16-24(17-32-27)39-26-11-20(18-35-4-2-19(3-5-35)15-28(37)38)10-25(33-26)21-12-22(29)14-23(30)13-21/h10-14,16-17,19,37-38H,2-9,15,18H2,1H3. The first-order chi connectivity index (χ1) is 18.8. The van der Waals surface area contributed by atoms with Crippen LogP contribution in [0.1, 0.15) is 18.4 Å². The molecule has 206 valence electrons. The minimum Gasteiger partial charge on any atom is -0.436 e. The van der Waals surface area contributed by atoms with E-state index in [2.05, 4.69) is 31.7 Å². The second-order valence-electron chi connectivity index (χ2n) is 10.4. The van der Waals surface area contributed by atoms with Crippen molar-refractivity contribution in [2.45, 2.75) is 25.7 Å². The van der Waals surface area contributed by atoms with Crippen LogP contribution in [0.3, 0.4) is 0 Å². The van der Waals surface area contributed by atoms with Crippen molar-refractivity contribution < 1.29 is 14.8 Å². The maximum absolute atomic E-state index is 9.32. The van der Waals surface area contributed by atoms with E-state index in [0.29, 0.717) is 52.1 Å². The molecule has 2 saturated heterocycles. The van der Waals surface area contributed by atoms with Gasteiger partial charge in [0.25, 0.3) is 0 Å². The molecule has 9 nitrogen and oxygen atoms in total. The predicted octanol–water partition coefficient (Wildman–Crippen LogP) is 4.07. The van der Waals surface area contributed by atoms with Gasteiger partial charge in [-0.2, -0.15) is 0 Å². The van der Waals surface area contributed by atoms with Crippen LogP contribution in [0.15, 0.2) is 42.7 Å². The molecular formula is C27H33BCl2N6O3. The van der Waals surface area contributed by atoms with Crippen molar-refractivity contribution in [3.8, 4) is 22.9 Å². The van der Waals surface area contributed by atoms with Gasteiger partial charge in [-0.3, -0.25) is 4.90 Å². The Morgan fingerprint density at radius 1 is 0.923 bits per heavy atom. The maximum atomic E-state index is 9.32. The molecule has 0 saturated carbocycles. The number of halogens is 2. The number of nitrogens with zero attached hydrogens (tertiary/aromatic N) is 6. The first-order valence-corrected chi connectivity index (χ1v) is 14.1. The van der Waals surface area contributed by atoms with Gasteiger partial charge in [-0.15, -0.1) is 0 Å². The van der Waals surface area contributed by atoms with E-state index in [0.717, 1.165) is 63.2 Å². The third-order valence-corrected chi connectivity index (χ3v) is 7.74. The molecule has 1 aromatic carbocycles. The summed E-state index contributed by atoms with van der Waals surface area (Å²) >= 11 is 12.6. The Morgan fingerprint density at radius 2 is 1.59 bits per heavy atom. The van der Waals surface area contributed by atoms with Crippen LogP contribution in [-0.4, -0.2) is 88.2 Å². The third kappa shape index (κ3) is 7.81. The molecule has 0 radical (unpaired) electrons. The summed E-state index contributed by atoms with van der Waals surface area (Å²) in [6.45, 7) is 6.23. The lowest BCUT2D eigenvalue weighted by atomic mass is 9.75. The van der Waals surface area contributed by atoms with Gasteiger partial charge in [-0.05, 0) is 75.0 Å². The quantitative estimate of drug-likeness (QED) is 0.388. The van der Waals surface area contributed by atoms with Gasteiger partial charge in [0.15, 0.2) is 5.75 Å². The Bertz CT molecular complexity index is 1230. The summed E-state index contributed by atoms with van der Waals surface area (Å²) < 4.78 is 6.15. The average molecular weight is 571 g/mol. The molecule has 2 aliphatic heterocycles. The highest BCUT2D eigenvalue weighted by Crippen LogP contribution is 2.31. The number of rotatable bonds is 8. The predicted molar refractivity (Wildman–Crippen MR) is 155 cm³/mol. The van der Waals surface area contributed by atoms with Crippen LogP contribution < -0.4 is 9.64 Å². The highest BCUT2D eigenvalue weighted by Gasteiger charge is 2.24. The van der Waals surface area contributed by atoms with Gasteiger partial charge in [0.2, 0.25) is 11.8 Å². The van der Waals surface area contributed by atoms with Crippen LogP contribution in [0.5, 0.6) is 11.6 Å². The fourth-order valence-corrected chi connectivity index (χ4v) is 5.67. The molecule has 0 spiro atoms. The van der Waals surface area contributed by atoms with Gasteiger partial charge < -0.3 is 24.6 Å². The van der Waals surface area contributed by atoms with Gasteiger partial charge in [0.05, 0.1) is 18.1 Å². The van der Waals surface area contributed by atoms with Crippen LogP contribution >= 0.6 is 23.2 Å². The smallest absolute Gasteiger partial charge is 0.436 e. The zero-order chi connectivity index (χ0) is 27.4. The largest absolute Gasteiger partial charge is 0.451 e. The summed E-state index contributed by atoms with van der Waals surface area (Å²) in [5.41, 5.74) is 2.55. The molecule has 2 N–H and O–H groups in total. The molecule has 2 fully saturated rings. The molecular weight excluding hydrogens is 538 g/mol. The summed E-state index contributed by atoms with van der Waals surface area (Å²) in [4.78, 5) is 20.7. The monoisotopic (exact) mass is 570 g/mol. The Kier molecular flexibility index (Phi) is 9.22. The normalized spacial score (nSPS) is 17.4. The van der Waals surface area contributed by atoms with Gasteiger partial charge >= 0.3 is 7.12 Å². The van der Waals surface area contributed by atoms with Crippen LogP contribution in [0.4, 0.5) is 5.95 Å². The summed E-state index contributed by atoms with van der Waals surface area (Å²) in [6.07, 6.45) is 5.66. The van der Waals surface area contributed by atoms with E-state index in [9.17, 15) is 10.0 Å². The van der Waals surface area contributed by atoms with E-state index in [4.69, 9.17) is 32.9 Å². The van der Waals surface area contributed by atoms with Crippen LogP contribution in [0.25, 0.3) is 11.3 Å². The zero-order valence-corrected chi connectivity index (χ0v) is 23.5. The van der Waals surface area contributed by atoms with Crippen molar-refractivity contribution in [2.75, 3.05) is 51.2 Å². The highest BCUT2D eigenvalue weighted by molar-refractivity contribution is 6.41. The van der Waals surface area contributed by atoms with E-state index < -0.39 is 7.12 Å². The Balaban J connectivity index is 1.34. The SMILES string of the molecule is CN1CCN(c2ncc(Oc3cc(CN4CCC(CB(O)O)CC4)cc(-c4cc(Cl)cc(Cl)c4)n3)cn2)CC1. The van der Waals surface area contributed by atoms with Crippen LogP contribution in [0.2, 0.25) is 16.4 Å². The van der Waals surface area contributed by atoms with Crippen molar-refractivity contribution in [1.82, 2.24) is 24.8 Å². The fourth-order valence-electron chi connectivity index (χ4n) is 5.14. The second kappa shape index (κ2) is 12.8. The molecule has 0 amide bonds. The number of ether oxygens (including phenoxy) is 1. The Hall–Kier alpha value is -2.47. The average Bonchev–Trinajstić information content (AvgIpc) is 2.90. The van der Waals surface area contributed by atoms with Gasteiger partial charge in [-0.25, -0.2) is 15.0 Å². The number of aromatic nitrogens is 3. The number of anilines is 1. The maximum Gasteiger partial charge on any atom is 0.451 e. The van der Waals surface area contributed by atoms with Crippen LogP contribution in [-0.2, 0) is 6.54 Å². The highest BCUT2D eigenvalue weighted by atomic mass is 35.5. The fraction of sp³-hybridized carbons (Fsp3) is 0.444. The molecule has 0 unspecified atom stereocenters. The number of piperazine rings is 1. The number of hydrogen-bond donors (Lipinski definition) is 2. The number of likely N-dealkylation sites (tertiary alicyclic amines) is 1. The molecule has 0 aliphatic carbocycles. The van der Waals surface area contributed by atoms with Crippen molar-refractivity contribution in [3.05, 3.63) is 58.3 Å². The number of benzene rings is 1. The molecule has 12 heteroatoms. The lowest BCUT2D eigenvalue weighted by Gasteiger charge is -2.32. The van der Waals surface area contributed by atoms with E-state index in [-0.39, 0.29) is 0 Å². The number of piperidine rings is 1. The first kappa shape index (κ1) is 28.1. The van der Waals surface area contributed by atoms with E-state index in [1.54, 1.807) is 18.5 Å². The lowest BCUT2D eigenvalue weighted by Crippen LogP contribution is -2.45. The molecule has 5 rings (SSSR count). The molecule has 2 aromatic heterocycles. The van der Waals surface area contributed by atoms with E-state index in [1.165, 1.54) is 0 Å². The summed E-state index contributed by atoms with van der Waals surface area (Å²) in [7, 11) is 0.875. The van der Waals surface area contributed by atoms with Gasteiger partial charge in [0.1, 0.15) is 0 Å². The van der Waals surface area contributed by atoms with E-state index >= 15 is 0 Å². The first-order valence-electron chi connectivity index (χ1n) is 13.3. The summed E-state index contributed by atoms with van der Waals surface area (Å²) in [6, 6.07) is 9.34. The molecule has 0 bridgehead atoms.